The zero-order chi connectivity index (χ0) is 14.8. The number of pyridine rings is 1. The predicted octanol–water partition coefficient (Wildman–Crippen LogP) is 4.11. The molecule has 3 heteroatoms. The third kappa shape index (κ3) is 2.68. The summed E-state index contributed by atoms with van der Waals surface area (Å²) in [7, 11) is 0. The number of aryl methyl sites for hydroxylation is 1. The molecule has 0 atom stereocenters. The number of Topliss-reactive ketones (excluding diaryl/α,β-unsaturated/α-hetero) is 1. The molecule has 2 aromatic carbocycles. The number of rotatable bonds is 3. The Bertz CT molecular complexity index is 826. The summed E-state index contributed by atoms with van der Waals surface area (Å²) in [6.07, 6.45) is 0.0253. The number of hydrogen-bond donors (Lipinski definition) is 0. The topological polar surface area (TPSA) is 30.0 Å². The van der Waals surface area contributed by atoms with Crippen molar-refractivity contribution in [1.29, 1.82) is 0 Å². The number of halogens is 1. The van der Waals surface area contributed by atoms with Gasteiger partial charge in [0.05, 0.1) is 5.52 Å². The Morgan fingerprint density at radius 2 is 1.81 bits per heavy atom. The number of para-hydroxylation sites is 1. The fourth-order valence-corrected chi connectivity index (χ4v) is 2.40. The first-order valence-corrected chi connectivity index (χ1v) is 6.78. The highest BCUT2D eigenvalue weighted by Crippen LogP contribution is 2.18. The van der Waals surface area contributed by atoms with Crippen molar-refractivity contribution in [3.8, 4) is 0 Å². The van der Waals surface area contributed by atoms with E-state index in [1.165, 1.54) is 6.07 Å². The fourth-order valence-electron chi connectivity index (χ4n) is 2.40. The van der Waals surface area contributed by atoms with Crippen molar-refractivity contribution < 1.29 is 9.18 Å². The van der Waals surface area contributed by atoms with Gasteiger partial charge in [0.2, 0.25) is 0 Å². The number of fused-ring (bicyclic) bond motifs is 1. The van der Waals surface area contributed by atoms with Crippen LogP contribution >= 0.6 is 0 Å². The van der Waals surface area contributed by atoms with Gasteiger partial charge in [0.1, 0.15) is 11.5 Å². The Morgan fingerprint density at radius 3 is 2.62 bits per heavy atom. The van der Waals surface area contributed by atoms with Crippen molar-refractivity contribution in [3.63, 3.8) is 0 Å². The van der Waals surface area contributed by atoms with E-state index in [0.29, 0.717) is 11.3 Å². The van der Waals surface area contributed by atoms with Gasteiger partial charge in [0, 0.05) is 11.8 Å². The highest BCUT2D eigenvalue weighted by atomic mass is 19.1. The molecular weight excluding hydrogens is 265 g/mol. The molecule has 104 valence electrons. The number of hydrogen-bond acceptors (Lipinski definition) is 2. The minimum absolute atomic E-state index is 0.0253. The van der Waals surface area contributed by atoms with Crippen molar-refractivity contribution in [2.45, 2.75) is 13.3 Å². The number of aromatic nitrogens is 1. The highest BCUT2D eigenvalue weighted by molar-refractivity contribution is 5.98. The Labute approximate surface area is 122 Å². The molecule has 0 spiro atoms. The molecule has 0 fully saturated rings. The molecule has 21 heavy (non-hydrogen) atoms. The lowest BCUT2D eigenvalue weighted by atomic mass is 10.0. The lowest BCUT2D eigenvalue weighted by molar-refractivity contribution is 0.0987. The summed E-state index contributed by atoms with van der Waals surface area (Å²) < 4.78 is 13.6. The lowest BCUT2D eigenvalue weighted by Gasteiger charge is -2.06. The number of benzene rings is 2. The Kier molecular flexibility index (Phi) is 3.48. The number of ketones is 1. The number of nitrogens with zero attached hydrogens (tertiary/aromatic N) is 1. The summed E-state index contributed by atoms with van der Waals surface area (Å²) in [5.41, 5.74) is 2.57. The van der Waals surface area contributed by atoms with Crippen LogP contribution in [-0.2, 0) is 6.42 Å². The lowest BCUT2D eigenvalue weighted by Crippen LogP contribution is -2.08. The predicted molar refractivity (Wildman–Crippen MR) is 80.9 cm³/mol. The SMILES string of the molecule is Cc1cc(C(=O)Cc2ccccc2F)nc2ccccc12. The third-order valence-electron chi connectivity index (χ3n) is 3.52. The molecule has 0 unspecified atom stereocenters. The van der Waals surface area contributed by atoms with Gasteiger partial charge in [-0.15, -0.1) is 0 Å². The van der Waals surface area contributed by atoms with E-state index in [1.54, 1.807) is 24.3 Å². The van der Waals surface area contributed by atoms with Crippen LogP contribution in [0.3, 0.4) is 0 Å². The van der Waals surface area contributed by atoms with Gasteiger partial charge in [-0.05, 0) is 36.2 Å². The van der Waals surface area contributed by atoms with Crippen molar-refractivity contribution in [2.75, 3.05) is 0 Å². The first kappa shape index (κ1) is 13.4. The molecule has 1 heterocycles. The van der Waals surface area contributed by atoms with Gasteiger partial charge in [-0.2, -0.15) is 0 Å². The highest BCUT2D eigenvalue weighted by Gasteiger charge is 2.13. The standard InChI is InChI=1S/C18H14FNO/c1-12-10-17(20-16-9-5-3-7-14(12)16)18(21)11-13-6-2-4-8-15(13)19/h2-10H,11H2,1H3. The summed E-state index contributed by atoms with van der Waals surface area (Å²) in [6.45, 7) is 1.95. The minimum atomic E-state index is -0.358. The van der Waals surface area contributed by atoms with Gasteiger partial charge in [-0.1, -0.05) is 36.4 Å². The minimum Gasteiger partial charge on any atom is -0.292 e. The summed E-state index contributed by atoms with van der Waals surface area (Å²) in [4.78, 5) is 16.7. The molecule has 2 nitrogen and oxygen atoms in total. The first-order valence-electron chi connectivity index (χ1n) is 6.78. The van der Waals surface area contributed by atoms with Crippen molar-refractivity contribution >= 4 is 16.7 Å². The molecule has 0 saturated carbocycles. The molecule has 1 aromatic heterocycles. The van der Waals surface area contributed by atoms with Gasteiger partial charge in [0.15, 0.2) is 5.78 Å². The zero-order valence-corrected chi connectivity index (χ0v) is 11.6. The molecule has 0 aliphatic rings. The van der Waals surface area contributed by atoms with E-state index in [-0.39, 0.29) is 18.0 Å². The third-order valence-corrected chi connectivity index (χ3v) is 3.52. The summed E-state index contributed by atoms with van der Waals surface area (Å²) in [6, 6.07) is 15.8. The van der Waals surface area contributed by atoms with Crippen molar-refractivity contribution in [3.05, 3.63) is 77.2 Å². The number of carbonyl (C=O) groups excluding carboxylic acids is 1. The molecule has 0 N–H and O–H groups in total. The van der Waals surface area contributed by atoms with E-state index < -0.39 is 0 Å². The van der Waals surface area contributed by atoms with E-state index >= 15 is 0 Å². The second-order valence-electron chi connectivity index (χ2n) is 5.03. The Morgan fingerprint density at radius 1 is 1.10 bits per heavy atom. The Hall–Kier alpha value is -2.55. The van der Waals surface area contributed by atoms with Crippen LogP contribution < -0.4 is 0 Å². The van der Waals surface area contributed by atoms with E-state index in [2.05, 4.69) is 4.98 Å². The maximum atomic E-state index is 13.6. The number of carbonyl (C=O) groups is 1. The van der Waals surface area contributed by atoms with Gasteiger partial charge < -0.3 is 0 Å². The molecule has 0 radical (unpaired) electrons. The fraction of sp³-hybridized carbons (Fsp3) is 0.111. The molecule has 0 amide bonds. The Balaban J connectivity index is 1.97. The molecule has 3 aromatic rings. The maximum absolute atomic E-state index is 13.6. The zero-order valence-electron chi connectivity index (χ0n) is 11.6. The normalized spacial score (nSPS) is 10.8. The van der Waals surface area contributed by atoms with Gasteiger partial charge in [-0.25, -0.2) is 9.37 Å². The monoisotopic (exact) mass is 279 g/mol. The van der Waals surface area contributed by atoms with Crippen LogP contribution in [-0.4, -0.2) is 10.8 Å². The summed E-state index contributed by atoms with van der Waals surface area (Å²) in [5, 5.41) is 1.03. The quantitative estimate of drug-likeness (QED) is 0.675. The molecule has 0 aliphatic carbocycles. The molecule has 3 rings (SSSR count). The van der Waals surface area contributed by atoms with Crippen LogP contribution in [0, 0.1) is 12.7 Å². The smallest absolute Gasteiger partial charge is 0.185 e. The average Bonchev–Trinajstić information content (AvgIpc) is 2.49. The van der Waals surface area contributed by atoms with E-state index in [1.807, 2.05) is 31.2 Å². The van der Waals surface area contributed by atoms with Crippen molar-refractivity contribution in [1.82, 2.24) is 4.98 Å². The van der Waals surface area contributed by atoms with Gasteiger partial charge in [-0.3, -0.25) is 4.79 Å². The van der Waals surface area contributed by atoms with Crippen molar-refractivity contribution in [2.24, 2.45) is 0 Å². The van der Waals surface area contributed by atoms with Crippen LogP contribution in [0.1, 0.15) is 21.6 Å². The van der Waals surface area contributed by atoms with Crippen LogP contribution in [0.15, 0.2) is 54.6 Å². The second-order valence-corrected chi connectivity index (χ2v) is 5.03. The maximum Gasteiger partial charge on any atom is 0.185 e. The van der Waals surface area contributed by atoms with E-state index in [4.69, 9.17) is 0 Å². The van der Waals surface area contributed by atoms with Crippen LogP contribution in [0.4, 0.5) is 4.39 Å². The molecule has 0 bridgehead atoms. The van der Waals surface area contributed by atoms with E-state index in [9.17, 15) is 9.18 Å². The largest absolute Gasteiger partial charge is 0.292 e. The first-order chi connectivity index (χ1) is 10.1. The van der Waals surface area contributed by atoms with E-state index in [0.717, 1.165) is 16.5 Å². The van der Waals surface area contributed by atoms with Crippen LogP contribution in [0.2, 0.25) is 0 Å². The van der Waals surface area contributed by atoms with Gasteiger partial charge >= 0.3 is 0 Å². The van der Waals surface area contributed by atoms with Crippen LogP contribution in [0.5, 0.6) is 0 Å². The molecule has 0 saturated heterocycles. The summed E-state index contributed by atoms with van der Waals surface area (Å²) >= 11 is 0. The molecular formula is C18H14FNO. The summed E-state index contributed by atoms with van der Waals surface area (Å²) in [5.74, 6) is -0.530. The molecule has 0 aliphatic heterocycles. The average molecular weight is 279 g/mol. The van der Waals surface area contributed by atoms with Gasteiger partial charge in [0.25, 0.3) is 0 Å². The second kappa shape index (κ2) is 5.44. The van der Waals surface area contributed by atoms with Crippen LogP contribution in [0.25, 0.3) is 10.9 Å².